The molecule has 1 aromatic heterocycles. The van der Waals surface area contributed by atoms with Gasteiger partial charge in [0, 0.05) is 13.1 Å². The Balaban J connectivity index is 2.44. The quantitative estimate of drug-likeness (QED) is 0.742. The third kappa shape index (κ3) is 1.37. The molecule has 2 N–H and O–H groups in total. The van der Waals surface area contributed by atoms with Crippen molar-refractivity contribution >= 4 is 0 Å². The molecule has 0 aliphatic heterocycles. The molecule has 1 aliphatic carbocycles. The Morgan fingerprint density at radius 3 is 2.85 bits per heavy atom. The summed E-state index contributed by atoms with van der Waals surface area (Å²) in [4.78, 5) is 0. The highest BCUT2D eigenvalue weighted by molar-refractivity contribution is 5.28. The van der Waals surface area contributed by atoms with Gasteiger partial charge in [-0.1, -0.05) is 0 Å². The monoisotopic (exact) mass is 179 g/mol. The van der Waals surface area contributed by atoms with Crippen molar-refractivity contribution in [1.29, 1.82) is 0 Å². The lowest BCUT2D eigenvalue weighted by Gasteiger charge is -2.10. The van der Waals surface area contributed by atoms with Gasteiger partial charge < -0.3 is 5.73 Å². The molecule has 0 amide bonds. The van der Waals surface area contributed by atoms with Gasteiger partial charge in [0.15, 0.2) is 0 Å². The first-order valence-electron chi connectivity index (χ1n) is 5.14. The van der Waals surface area contributed by atoms with Crippen molar-refractivity contribution in [2.75, 3.05) is 0 Å². The van der Waals surface area contributed by atoms with E-state index in [1.54, 1.807) is 0 Å². The molecular formula is C10H17N3. The van der Waals surface area contributed by atoms with Gasteiger partial charge in [-0.05, 0) is 38.2 Å². The van der Waals surface area contributed by atoms with E-state index in [0.29, 0.717) is 6.54 Å². The summed E-state index contributed by atoms with van der Waals surface area (Å²) < 4.78 is 2.07. The number of nitrogens with two attached hydrogens (primary N) is 1. The molecule has 1 aromatic rings. The second-order valence-electron chi connectivity index (χ2n) is 3.60. The Labute approximate surface area is 78.9 Å². The molecule has 0 aromatic carbocycles. The molecule has 0 spiro atoms. The number of hydrogen-bond donors (Lipinski definition) is 1. The molecule has 0 bridgehead atoms. The van der Waals surface area contributed by atoms with Gasteiger partial charge in [-0.3, -0.25) is 4.68 Å². The molecule has 3 nitrogen and oxygen atoms in total. The molecule has 0 atom stereocenters. The third-order valence-electron chi connectivity index (χ3n) is 2.83. The van der Waals surface area contributed by atoms with Crippen LogP contribution in [0.3, 0.4) is 0 Å². The second kappa shape index (κ2) is 3.50. The molecule has 13 heavy (non-hydrogen) atoms. The van der Waals surface area contributed by atoms with E-state index in [4.69, 9.17) is 5.73 Å². The van der Waals surface area contributed by atoms with E-state index in [9.17, 15) is 0 Å². The van der Waals surface area contributed by atoms with Crippen molar-refractivity contribution in [1.82, 2.24) is 9.78 Å². The second-order valence-corrected chi connectivity index (χ2v) is 3.60. The molecule has 3 heteroatoms. The third-order valence-corrected chi connectivity index (χ3v) is 2.83. The number of nitrogens with zero attached hydrogens (tertiary/aromatic N) is 2. The number of aryl methyl sites for hydroxylation is 2. The zero-order valence-corrected chi connectivity index (χ0v) is 8.21. The summed E-state index contributed by atoms with van der Waals surface area (Å²) in [7, 11) is 0. The minimum Gasteiger partial charge on any atom is -0.325 e. The Morgan fingerprint density at radius 1 is 1.38 bits per heavy atom. The van der Waals surface area contributed by atoms with Crippen LogP contribution in [0.1, 0.15) is 36.7 Å². The summed E-state index contributed by atoms with van der Waals surface area (Å²) >= 11 is 0. The molecule has 0 radical (unpaired) electrons. The molecule has 0 saturated carbocycles. The van der Waals surface area contributed by atoms with Crippen LogP contribution in [0.25, 0.3) is 0 Å². The van der Waals surface area contributed by atoms with Gasteiger partial charge in [-0.25, -0.2) is 0 Å². The normalized spacial score (nSPS) is 15.8. The maximum absolute atomic E-state index is 5.73. The average Bonchev–Trinajstić information content (AvgIpc) is 2.55. The Bertz CT molecular complexity index is 291. The molecule has 0 saturated heterocycles. The lowest BCUT2D eigenvalue weighted by molar-refractivity contribution is 0.611. The fraction of sp³-hybridized carbons (Fsp3) is 0.700. The van der Waals surface area contributed by atoms with Gasteiger partial charge in [0.05, 0.1) is 11.4 Å². The minimum atomic E-state index is 0.635. The van der Waals surface area contributed by atoms with E-state index < -0.39 is 0 Å². The van der Waals surface area contributed by atoms with Crippen LogP contribution in [0, 0.1) is 0 Å². The van der Waals surface area contributed by atoms with Gasteiger partial charge in [0.1, 0.15) is 0 Å². The number of aromatic nitrogens is 2. The Hall–Kier alpha value is -0.830. The first-order chi connectivity index (χ1) is 6.36. The summed E-state index contributed by atoms with van der Waals surface area (Å²) in [6, 6.07) is 0. The zero-order valence-electron chi connectivity index (χ0n) is 8.21. The van der Waals surface area contributed by atoms with Gasteiger partial charge in [-0.2, -0.15) is 5.10 Å². The predicted molar refractivity (Wildman–Crippen MR) is 52.4 cm³/mol. The number of fused-ring (bicyclic) bond motifs is 1. The van der Waals surface area contributed by atoms with Crippen molar-refractivity contribution in [3.05, 3.63) is 17.0 Å². The number of hydrogen-bond acceptors (Lipinski definition) is 2. The van der Waals surface area contributed by atoms with Gasteiger partial charge in [-0.15, -0.1) is 0 Å². The van der Waals surface area contributed by atoms with Crippen LogP contribution < -0.4 is 5.73 Å². The maximum Gasteiger partial charge on any atom is 0.0660 e. The van der Waals surface area contributed by atoms with Crippen molar-refractivity contribution in [3.63, 3.8) is 0 Å². The fourth-order valence-corrected chi connectivity index (χ4v) is 2.16. The van der Waals surface area contributed by atoms with Crippen LogP contribution in [-0.4, -0.2) is 9.78 Å². The zero-order chi connectivity index (χ0) is 9.26. The van der Waals surface area contributed by atoms with Crippen molar-refractivity contribution in [2.24, 2.45) is 5.73 Å². The molecule has 1 aliphatic rings. The lowest BCUT2D eigenvalue weighted by Crippen LogP contribution is -2.09. The van der Waals surface area contributed by atoms with Gasteiger partial charge in [0.2, 0.25) is 0 Å². The van der Waals surface area contributed by atoms with E-state index in [1.165, 1.54) is 36.2 Å². The predicted octanol–water partition coefficient (Wildman–Crippen LogP) is 1.24. The standard InChI is InChI=1S/C10H17N3/c1-2-13-10(7-11)8-5-3-4-6-9(8)12-13/h2-7,11H2,1H3. The Kier molecular flexibility index (Phi) is 2.36. The largest absolute Gasteiger partial charge is 0.325 e. The van der Waals surface area contributed by atoms with E-state index in [1.807, 2.05) is 0 Å². The molecule has 0 fully saturated rings. The van der Waals surface area contributed by atoms with Gasteiger partial charge >= 0.3 is 0 Å². The van der Waals surface area contributed by atoms with Crippen LogP contribution in [0.15, 0.2) is 0 Å². The van der Waals surface area contributed by atoms with Gasteiger partial charge in [0.25, 0.3) is 0 Å². The number of rotatable bonds is 2. The summed E-state index contributed by atoms with van der Waals surface area (Å²) in [5, 5.41) is 4.58. The lowest BCUT2D eigenvalue weighted by atomic mass is 9.96. The molecular weight excluding hydrogens is 162 g/mol. The highest BCUT2D eigenvalue weighted by Crippen LogP contribution is 2.23. The van der Waals surface area contributed by atoms with Crippen molar-refractivity contribution in [2.45, 2.75) is 45.7 Å². The summed E-state index contributed by atoms with van der Waals surface area (Å²) in [6.45, 7) is 3.70. The first kappa shape index (κ1) is 8.75. The van der Waals surface area contributed by atoms with E-state index in [2.05, 4.69) is 16.7 Å². The van der Waals surface area contributed by atoms with Crippen molar-refractivity contribution in [3.8, 4) is 0 Å². The topological polar surface area (TPSA) is 43.8 Å². The molecule has 72 valence electrons. The fourth-order valence-electron chi connectivity index (χ4n) is 2.16. The van der Waals surface area contributed by atoms with Crippen LogP contribution >= 0.6 is 0 Å². The van der Waals surface area contributed by atoms with Crippen LogP contribution in [0.4, 0.5) is 0 Å². The minimum absolute atomic E-state index is 0.635. The summed E-state index contributed by atoms with van der Waals surface area (Å²) in [6.07, 6.45) is 4.92. The SMILES string of the molecule is CCn1nc2c(c1CN)CCCC2. The Morgan fingerprint density at radius 2 is 2.15 bits per heavy atom. The highest BCUT2D eigenvalue weighted by Gasteiger charge is 2.18. The summed E-state index contributed by atoms with van der Waals surface area (Å²) in [5.74, 6) is 0. The molecule has 0 unspecified atom stereocenters. The van der Waals surface area contributed by atoms with Crippen molar-refractivity contribution < 1.29 is 0 Å². The van der Waals surface area contributed by atoms with Crippen LogP contribution in [0.5, 0.6) is 0 Å². The average molecular weight is 179 g/mol. The maximum atomic E-state index is 5.73. The summed E-state index contributed by atoms with van der Waals surface area (Å²) in [5.41, 5.74) is 9.74. The smallest absolute Gasteiger partial charge is 0.0660 e. The van der Waals surface area contributed by atoms with Crippen LogP contribution in [0.2, 0.25) is 0 Å². The van der Waals surface area contributed by atoms with E-state index in [0.717, 1.165) is 13.0 Å². The highest BCUT2D eigenvalue weighted by atomic mass is 15.3. The van der Waals surface area contributed by atoms with Crippen LogP contribution in [-0.2, 0) is 25.9 Å². The van der Waals surface area contributed by atoms with E-state index >= 15 is 0 Å². The molecule has 1 heterocycles. The van der Waals surface area contributed by atoms with E-state index in [-0.39, 0.29) is 0 Å². The first-order valence-corrected chi connectivity index (χ1v) is 5.14. The molecule has 2 rings (SSSR count).